The number of non-ortho nitro benzene ring substituents is 1. The largest absolute Gasteiger partial charge is 0.361 e. The summed E-state index contributed by atoms with van der Waals surface area (Å²) in [6.07, 6.45) is 2.19. The summed E-state index contributed by atoms with van der Waals surface area (Å²) in [4.78, 5) is 41.6. The number of fused-ring (bicyclic) bond motifs is 1. The van der Waals surface area contributed by atoms with Gasteiger partial charge in [-0.3, -0.25) is 19.8 Å². The lowest BCUT2D eigenvalue weighted by atomic mass is 10.00. The Kier molecular flexibility index (Phi) is 7.17. The number of halogens is 2. The smallest absolute Gasteiger partial charge is 0.281 e. The fourth-order valence-corrected chi connectivity index (χ4v) is 3.85. The number of rotatable bonds is 9. The number of carbonyl (C=O) groups excluding carboxylic acids is 2. The number of hydrogen-bond donors (Lipinski definition) is 1. The van der Waals surface area contributed by atoms with Gasteiger partial charge < -0.3 is 14.7 Å². The zero-order valence-electron chi connectivity index (χ0n) is 18.4. The van der Waals surface area contributed by atoms with Crippen LogP contribution in [0.3, 0.4) is 0 Å². The number of likely N-dealkylation sites (N-methyl/N-ethyl adjacent to an activating group) is 2. The summed E-state index contributed by atoms with van der Waals surface area (Å²) in [5.74, 6) is -1.62. The molecule has 0 aliphatic heterocycles. The van der Waals surface area contributed by atoms with Gasteiger partial charge in [0, 0.05) is 19.7 Å². The lowest BCUT2D eigenvalue weighted by molar-refractivity contribution is -0.383. The Morgan fingerprint density at radius 2 is 1.85 bits per heavy atom. The second-order valence-corrected chi connectivity index (χ2v) is 8.05. The third kappa shape index (κ3) is 5.06. The average molecular weight is 458 g/mol. The van der Waals surface area contributed by atoms with E-state index in [4.69, 9.17) is 0 Å². The average Bonchev–Trinajstić information content (AvgIpc) is 3.17. The van der Waals surface area contributed by atoms with Crippen LogP contribution in [-0.2, 0) is 22.4 Å². The lowest BCUT2D eigenvalue weighted by Gasteiger charge is -2.31. The van der Waals surface area contributed by atoms with Crippen molar-refractivity contribution in [1.29, 1.82) is 0 Å². The number of H-pyrrole nitrogens is 1. The van der Waals surface area contributed by atoms with Crippen LogP contribution in [0, 0.1) is 21.7 Å². The Bertz CT molecular complexity index is 1190. The van der Waals surface area contributed by atoms with Gasteiger partial charge in [-0.2, -0.15) is 0 Å². The minimum Gasteiger partial charge on any atom is -0.361 e. The van der Waals surface area contributed by atoms with Gasteiger partial charge in [0.2, 0.25) is 5.91 Å². The van der Waals surface area contributed by atoms with E-state index in [2.05, 4.69) is 4.98 Å². The zero-order valence-corrected chi connectivity index (χ0v) is 18.4. The number of benzene rings is 2. The first kappa shape index (κ1) is 24.0. The first-order valence-electron chi connectivity index (χ1n) is 10.2. The second-order valence-electron chi connectivity index (χ2n) is 8.05. The fraction of sp³-hybridized carbons (Fsp3) is 0.304. The summed E-state index contributed by atoms with van der Waals surface area (Å²) < 4.78 is 27.8. The molecule has 2 unspecified atom stereocenters. The molecule has 1 amide bonds. The van der Waals surface area contributed by atoms with Crippen LogP contribution in [0.4, 0.5) is 14.5 Å². The minimum absolute atomic E-state index is 0.0103. The molecule has 1 aromatic heterocycles. The van der Waals surface area contributed by atoms with Crippen molar-refractivity contribution >= 4 is 28.8 Å². The third-order valence-corrected chi connectivity index (χ3v) is 5.71. The van der Waals surface area contributed by atoms with E-state index in [1.807, 2.05) is 0 Å². The number of nitro groups is 1. The molecule has 0 bridgehead atoms. The van der Waals surface area contributed by atoms with Crippen LogP contribution in [-0.4, -0.2) is 65.1 Å². The van der Waals surface area contributed by atoms with Crippen molar-refractivity contribution < 1.29 is 23.3 Å². The van der Waals surface area contributed by atoms with Crippen molar-refractivity contribution in [2.45, 2.75) is 24.9 Å². The molecule has 0 aliphatic rings. The molecule has 0 radical (unpaired) electrons. The van der Waals surface area contributed by atoms with Gasteiger partial charge >= 0.3 is 0 Å². The Hall–Kier alpha value is -3.66. The predicted octanol–water partition coefficient (Wildman–Crippen LogP) is 3.10. The molecule has 2 atom stereocenters. The molecule has 8 nitrogen and oxygen atoms in total. The molecule has 2 aromatic carbocycles. The van der Waals surface area contributed by atoms with Gasteiger partial charge in [-0.1, -0.05) is 18.2 Å². The molecule has 0 aliphatic carbocycles. The summed E-state index contributed by atoms with van der Waals surface area (Å²) in [5, 5.41) is 11.7. The molecule has 10 heteroatoms. The first-order chi connectivity index (χ1) is 15.6. The predicted molar refractivity (Wildman–Crippen MR) is 119 cm³/mol. The highest BCUT2D eigenvalue weighted by Gasteiger charge is 2.31. The second kappa shape index (κ2) is 9.86. The van der Waals surface area contributed by atoms with Gasteiger partial charge in [-0.05, 0) is 43.8 Å². The number of carbonyl (C=O) groups is 2. The van der Waals surface area contributed by atoms with E-state index >= 15 is 0 Å². The zero-order chi connectivity index (χ0) is 24.3. The van der Waals surface area contributed by atoms with E-state index < -0.39 is 40.2 Å². The quantitative estimate of drug-likeness (QED) is 0.302. The molecule has 174 valence electrons. The maximum atomic E-state index is 14.1. The van der Waals surface area contributed by atoms with Crippen LogP contribution in [0.2, 0.25) is 0 Å². The molecule has 0 fully saturated rings. The fourth-order valence-electron chi connectivity index (χ4n) is 3.85. The summed E-state index contributed by atoms with van der Waals surface area (Å²) >= 11 is 0. The van der Waals surface area contributed by atoms with E-state index in [9.17, 15) is 28.5 Å². The number of nitrogens with zero attached hydrogens (tertiary/aromatic N) is 3. The van der Waals surface area contributed by atoms with Gasteiger partial charge in [-0.25, -0.2) is 8.78 Å². The number of amides is 1. The topological polar surface area (TPSA) is 99.6 Å². The Morgan fingerprint density at radius 1 is 1.15 bits per heavy atom. The van der Waals surface area contributed by atoms with Gasteiger partial charge in [0.25, 0.3) is 5.69 Å². The molecule has 0 saturated heterocycles. The number of hydrogen-bond acceptors (Lipinski definition) is 5. The van der Waals surface area contributed by atoms with E-state index in [0.717, 1.165) is 12.1 Å². The van der Waals surface area contributed by atoms with Crippen molar-refractivity contribution in [3.8, 4) is 0 Å². The van der Waals surface area contributed by atoms with Gasteiger partial charge in [-0.15, -0.1) is 0 Å². The summed E-state index contributed by atoms with van der Waals surface area (Å²) in [6.45, 7) is 0. The van der Waals surface area contributed by atoms with Crippen molar-refractivity contribution in [2.24, 2.45) is 0 Å². The highest BCUT2D eigenvalue weighted by molar-refractivity contribution is 5.93. The normalized spacial score (nSPS) is 13.2. The number of aromatic amines is 1. The van der Waals surface area contributed by atoms with Crippen molar-refractivity contribution in [3.63, 3.8) is 0 Å². The van der Waals surface area contributed by atoms with Crippen LogP contribution >= 0.6 is 0 Å². The standard InChI is InChI=1S/C23H24F2N4O4/c1-27(2)21(9-15-12-26-19-10-16(24)11-20(22(15)19)29(32)33)23(31)28(3)17(13-30)8-14-6-4-5-7-18(14)25/h4-7,10-13,17,21,26H,8-9H2,1-3H3. The number of nitro benzene ring substituents is 1. The lowest BCUT2D eigenvalue weighted by Crippen LogP contribution is -2.50. The molecule has 1 heterocycles. The third-order valence-electron chi connectivity index (χ3n) is 5.71. The maximum absolute atomic E-state index is 14.1. The van der Waals surface area contributed by atoms with Gasteiger partial charge in [0.05, 0.1) is 34.0 Å². The van der Waals surface area contributed by atoms with Crippen LogP contribution in [0.15, 0.2) is 42.6 Å². The highest BCUT2D eigenvalue weighted by Crippen LogP contribution is 2.31. The van der Waals surface area contributed by atoms with Crippen molar-refractivity contribution in [3.05, 3.63) is 75.5 Å². The SMILES string of the molecule is CN(C)C(Cc1c[nH]c2cc(F)cc([N+](=O)[O-])c12)C(=O)N(C)C(C=O)Cc1ccccc1F. The molecular formula is C23H24F2N4O4. The van der Waals surface area contributed by atoms with Gasteiger partial charge in [0.1, 0.15) is 17.9 Å². The molecule has 0 spiro atoms. The summed E-state index contributed by atoms with van der Waals surface area (Å²) in [7, 11) is 4.81. The molecule has 3 aromatic rings. The molecule has 3 rings (SSSR count). The van der Waals surface area contributed by atoms with Crippen molar-refractivity contribution in [2.75, 3.05) is 21.1 Å². The van der Waals surface area contributed by atoms with Gasteiger partial charge in [0.15, 0.2) is 0 Å². The number of aromatic nitrogens is 1. The number of aldehydes is 1. The molecule has 33 heavy (non-hydrogen) atoms. The molecular weight excluding hydrogens is 434 g/mol. The van der Waals surface area contributed by atoms with E-state index in [0.29, 0.717) is 17.4 Å². The molecule has 0 saturated carbocycles. The highest BCUT2D eigenvalue weighted by atomic mass is 19.1. The Morgan fingerprint density at radius 3 is 2.45 bits per heavy atom. The van der Waals surface area contributed by atoms with Crippen LogP contribution in [0.1, 0.15) is 11.1 Å². The monoisotopic (exact) mass is 458 g/mol. The summed E-state index contributed by atoms with van der Waals surface area (Å²) in [6, 6.07) is 6.35. The maximum Gasteiger partial charge on any atom is 0.281 e. The molecule has 1 N–H and O–H groups in total. The first-order valence-corrected chi connectivity index (χ1v) is 10.2. The van der Waals surface area contributed by atoms with E-state index in [1.165, 1.54) is 30.3 Å². The van der Waals surface area contributed by atoms with Crippen LogP contribution in [0.25, 0.3) is 10.9 Å². The minimum atomic E-state index is -0.900. The number of nitrogens with one attached hydrogen (secondary N) is 1. The van der Waals surface area contributed by atoms with Crippen LogP contribution < -0.4 is 0 Å². The van der Waals surface area contributed by atoms with Crippen LogP contribution in [0.5, 0.6) is 0 Å². The van der Waals surface area contributed by atoms with Crippen molar-refractivity contribution in [1.82, 2.24) is 14.8 Å². The van der Waals surface area contributed by atoms with E-state index in [1.54, 1.807) is 31.1 Å². The Balaban J connectivity index is 1.90. The Labute approximate surface area is 188 Å². The van der Waals surface area contributed by atoms with E-state index in [-0.39, 0.29) is 23.7 Å². The summed E-state index contributed by atoms with van der Waals surface area (Å²) in [5.41, 5.74) is 0.629.